The molecule has 1 amide bonds. The maximum atomic E-state index is 12.2. The first-order valence-corrected chi connectivity index (χ1v) is 8.66. The number of hydrogen-bond donors (Lipinski definition) is 2. The van der Waals surface area contributed by atoms with Crippen LogP contribution in [0.3, 0.4) is 0 Å². The SMILES string of the molecule is CC1(C)CCC(NC(=O)c2cccc(S(N)(=O)=O)c2)CC1. The maximum Gasteiger partial charge on any atom is 0.251 e. The van der Waals surface area contributed by atoms with Crippen LogP contribution in [-0.2, 0) is 10.0 Å². The van der Waals surface area contributed by atoms with Crippen LogP contribution in [0.25, 0.3) is 0 Å². The Bertz CT molecular complexity index is 628. The third kappa shape index (κ3) is 4.28. The van der Waals surface area contributed by atoms with Crippen molar-refractivity contribution in [2.75, 3.05) is 0 Å². The molecule has 116 valence electrons. The number of rotatable bonds is 3. The van der Waals surface area contributed by atoms with Crippen LogP contribution in [0.5, 0.6) is 0 Å². The average molecular weight is 310 g/mol. The van der Waals surface area contributed by atoms with Crippen molar-refractivity contribution in [1.82, 2.24) is 5.32 Å². The number of nitrogens with one attached hydrogen (secondary N) is 1. The van der Waals surface area contributed by atoms with E-state index in [0.717, 1.165) is 25.7 Å². The predicted molar refractivity (Wildman–Crippen MR) is 81.3 cm³/mol. The lowest BCUT2D eigenvalue weighted by atomic mass is 9.75. The average Bonchev–Trinajstić information content (AvgIpc) is 2.40. The maximum absolute atomic E-state index is 12.2. The van der Waals surface area contributed by atoms with Crippen molar-refractivity contribution in [1.29, 1.82) is 0 Å². The first kappa shape index (κ1) is 16.0. The van der Waals surface area contributed by atoms with E-state index < -0.39 is 10.0 Å². The summed E-state index contributed by atoms with van der Waals surface area (Å²) >= 11 is 0. The normalized spacial score (nSPS) is 19.2. The zero-order valence-corrected chi connectivity index (χ0v) is 13.2. The highest BCUT2D eigenvalue weighted by Crippen LogP contribution is 2.35. The topological polar surface area (TPSA) is 89.3 Å². The Balaban J connectivity index is 2.05. The van der Waals surface area contributed by atoms with Crippen molar-refractivity contribution < 1.29 is 13.2 Å². The third-order valence-electron chi connectivity index (χ3n) is 4.10. The Labute approximate surface area is 126 Å². The molecule has 2 rings (SSSR count). The van der Waals surface area contributed by atoms with Gasteiger partial charge in [0.15, 0.2) is 0 Å². The summed E-state index contributed by atoms with van der Waals surface area (Å²) in [5.41, 5.74) is 0.667. The summed E-state index contributed by atoms with van der Waals surface area (Å²) in [6, 6.07) is 5.98. The lowest BCUT2D eigenvalue weighted by Gasteiger charge is -2.34. The lowest BCUT2D eigenvalue weighted by Crippen LogP contribution is -2.39. The van der Waals surface area contributed by atoms with E-state index in [4.69, 9.17) is 5.14 Å². The summed E-state index contributed by atoms with van der Waals surface area (Å²) in [6.45, 7) is 4.47. The molecule has 0 aromatic heterocycles. The number of amides is 1. The zero-order valence-electron chi connectivity index (χ0n) is 12.4. The smallest absolute Gasteiger partial charge is 0.251 e. The second kappa shape index (κ2) is 5.77. The van der Waals surface area contributed by atoms with E-state index in [-0.39, 0.29) is 16.8 Å². The van der Waals surface area contributed by atoms with Gasteiger partial charge in [-0.15, -0.1) is 0 Å². The molecule has 5 nitrogen and oxygen atoms in total. The van der Waals surface area contributed by atoms with Crippen LogP contribution < -0.4 is 10.5 Å². The number of sulfonamides is 1. The molecule has 3 N–H and O–H groups in total. The van der Waals surface area contributed by atoms with Crippen molar-refractivity contribution in [2.45, 2.75) is 50.5 Å². The summed E-state index contributed by atoms with van der Waals surface area (Å²) in [4.78, 5) is 12.2. The number of carbonyl (C=O) groups excluding carboxylic acids is 1. The van der Waals surface area contributed by atoms with Crippen LogP contribution >= 0.6 is 0 Å². The van der Waals surface area contributed by atoms with Gasteiger partial charge >= 0.3 is 0 Å². The van der Waals surface area contributed by atoms with E-state index in [2.05, 4.69) is 19.2 Å². The molecule has 0 spiro atoms. The number of nitrogens with two attached hydrogens (primary N) is 1. The summed E-state index contributed by atoms with van der Waals surface area (Å²) in [7, 11) is -3.79. The number of carbonyl (C=O) groups is 1. The van der Waals surface area contributed by atoms with E-state index in [1.165, 1.54) is 18.2 Å². The van der Waals surface area contributed by atoms with Gasteiger partial charge in [0.1, 0.15) is 0 Å². The molecular weight excluding hydrogens is 288 g/mol. The molecule has 21 heavy (non-hydrogen) atoms. The molecule has 0 saturated heterocycles. The zero-order chi connectivity index (χ0) is 15.7. The van der Waals surface area contributed by atoms with Gasteiger partial charge < -0.3 is 5.32 Å². The third-order valence-corrected chi connectivity index (χ3v) is 5.01. The van der Waals surface area contributed by atoms with Crippen molar-refractivity contribution in [2.24, 2.45) is 10.6 Å². The molecule has 0 radical (unpaired) electrons. The van der Waals surface area contributed by atoms with Gasteiger partial charge in [0.05, 0.1) is 4.90 Å². The molecule has 0 unspecified atom stereocenters. The molecule has 0 atom stereocenters. The molecule has 0 aliphatic heterocycles. The van der Waals surface area contributed by atoms with Crippen LogP contribution in [0, 0.1) is 5.41 Å². The first-order valence-electron chi connectivity index (χ1n) is 7.11. The van der Waals surface area contributed by atoms with Crippen LogP contribution in [0.1, 0.15) is 49.9 Å². The van der Waals surface area contributed by atoms with Gasteiger partial charge in [-0.2, -0.15) is 0 Å². The minimum absolute atomic E-state index is 0.0417. The van der Waals surface area contributed by atoms with Gasteiger partial charge in [-0.3, -0.25) is 4.79 Å². The van der Waals surface area contributed by atoms with E-state index in [9.17, 15) is 13.2 Å². The number of benzene rings is 1. The highest BCUT2D eigenvalue weighted by atomic mass is 32.2. The standard InChI is InChI=1S/C15H22N2O3S/c1-15(2)8-6-12(7-9-15)17-14(18)11-4-3-5-13(10-11)21(16,19)20/h3-5,10,12H,6-9H2,1-2H3,(H,17,18)(H2,16,19,20). The fraction of sp³-hybridized carbons (Fsp3) is 0.533. The highest BCUT2D eigenvalue weighted by molar-refractivity contribution is 7.89. The second-order valence-electron chi connectivity index (χ2n) is 6.48. The number of primary sulfonamides is 1. The Hall–Kier alpha value is -1.40. The summed E-state index contributed by atoms with van der Waals surface area (Å²) in [5.74, 6) is -0.245. The molecule has 0 bridgehead atoms. The predicted octanol–water partition coefficient (Wildman–Crippen LogP) is 2.03. The Morgan fingerprint density at radius 3 is 2.48 bits per heavy atom. The van der Waals surface area contributed by atoms with Gasteiger partial charge in [0.2, 0.25) is 10.0 Å². The molecule has 1 saturated carbocycles. The molecule has 6 heteroatoms. The van der Waals surface area contributed by atoms with Gasteiger partial charge in [0.25, 0.3) is 5.91 Å². The van der Waals surface area contributed by atoms with E-state index >= 15 is 0 Å². The number of hydrogen-bond acceptors (Lipinski definition) is 3. The lowest BCUT2D eigenvalue weighted by molar-refractivity contribution is 0.0909. The van der Waals surface area contributed by atoms with Gasteiger partial charge in [-0.05, 0) is 49.3 Å². The summed E-state index contributed by atoms with van der Waals surface area (Å²) in [6.07, 6.45) is 4.06. The van der Waals surface area contributed by atoms with Gasteiger partial charge in [-0.1, -0.05) is 19.9 Å². The van der Waals surface area contributed by atoms with Gasteiger partial charge in [-0.25, -0.2) is 13.6 Å². The van der Waals surface area contributed by atoms with Gasteiger partial charge in [0, 0.05) is 11.6 Å². The van der Waals surface area contributed by atoms with Crippen molar-refractivity contribution in [3.63, 3.8) is 0 Å². The van der Waals surface area contributed by atoms with Crippen LogP contribution in [0.4, 0.5) is 0 Å². The summed E-state index contributed by atoms with van der Waals surface area (Å²) < 4.78 is 22.6. The Morgan fingerprint density at radius 1 is 1.29 bits per heavy atom. The van der Waals surface area contributed by atoms with Crippen LogP contribution in [0.2, 0.25) is 0 Å². The Kier molecular flexibility index (Phi) is 4.39. The van der Waals surface area contributed by atoms with E-state index in [0.29, 0.717) is 11.0 Å². The molecule has 1 fully saturated rings. The van der Waals surface area contributed by atoms with Crippen LogP contribution in [-0.4, -0.2) is 20.4 Å². The molecular formula is C15H22N2O3S. The fourth-order valence-electron chi connectivity index (χ4n) is 2.63. The largest absolute Gasteiger partial charge is 0.349 e. The molecule has 1 aliphatic rings. The fourth-order valence-corrected chi connectivity index (χ4v) is 3.19. The monoisotopic (exact) mass is 310 g/mol. The minimum Gasteiger partial charge on any atom is -0.349 e. The first-order chi connectivity index (χ1) is 9.67. The van der Waals surface area contributed by atoms with E-state index in [1.54, 1.807) is 6.07 Å². The minimum atomic E-state index is -3.79. The highest BCUT2D eigenvalue weighted by Gasteiger charge is 2.27. The van der Waals surface area contributed by atoms with Crippen molar-refractivity contribution in [3.8, 4) is 0 Å². The second-order valence-corrected chi connectivity index (χ2v) is 8.05. The van der Waals surface area contributed by atoms with E-state index in [1.807, 2.05) is 0 Å². The summed E-state index contributed by atoms with van der Waals surface area (Å²) in [5, 5.41) is 8.06. The Morgan fingerprint density at radius 2 is 1.90 bits per heavy atom. The molecule has 1 aromatic rings. The quantitative estimate of drug-likeness (QED) is 0.895. The van der Waals surface area contributed by atoms with Crippen molar-refractivity contribution in [3.05, 3.63) is 29.8 Å². The molecule has 1 aromatic carbocycles. The molecule has 0 heterocycles. The molecule has 1 aliphatic carbocycles. The van der Waals surface area contributed by atoms with Crippen molar-refractivity contribution >= 4 is 15.9 Å². The van der Waals surface area contributed by atoms with Crippen LogP contribution in [0.15, 0.2) is 29.2 Å².